The first-order valence-electron chi connectivity index (χ1n) is 5.23. The number of aliphatic carboxylic acids is 1. The maximum absolute atomic E-state index is 11.0. The molecule has 0 radical (unpaired) electrons. The first-order valence-corrected chi connectivity index (χ1v) is 5.23. The summed E-state index contributed by atoms with van der Waals surface area (Å²) in [5, 5.41) is 9.04. The second-order valence-corrected chi connectivity index (χ2v) is 3.59. The number of carbonyl (C=O) groups excluding carboxylic acids is 1. The van der Waals surface area contributed by atoms with Crippen LogP contribution in [0, 0.1) is 0 Å². The molecule has 0 aromatic heterocycles. The number of benzene rings is 1. The lowest BCUT2D eigenvalue weighted by Gasteiger charge is -2.15. The molecule has 1 aromatic rings. The van der Waals surface area contributed by atoms with Crippen LogP contribution in [0.15, 0.2) is 12.1 Å². The molecule has 0 saturated heterocycles. The fraction of sp³-hybridized carbons (Fsp3) is 0.333. The van der Waals surface area contributed by atoms with Crippen LogP contribution in [0.4, 0.5) is 0 Å². The van der Waals surface area contributed by atoms with E-state index in [1.54, 1.807) is 0 Å². The molecular weight excluding hydrogens is 238 g/mol. The lowest BCUT2D eigenvalue weighted by atomic mass is 9.96. The van der Waals surface area contributed by atoms with Gasteiger partial charge in [0, 0.05) is 6.54 Å². The molecule has 0 fully saturated rings. The fourth-order valence-electron chi connectivity index (χ4n) is 1.68. The van der Waals surface area contributed by atoms with Crippen LogP contribution in [-0.4, -0.2) is 38.1 Å². The third-order valence-electron chi connectivity index (χ3n) is 2.59. The smallest absolute Gasteiger partial charge is 0.312 e. The number of ether oxygens (including phenoxy) is 2. The predicted molar refractivity (Wildman–Crippen MR) is 64.4 cm³/mol. The van der Waals surface area contributed by atoms with Crippen molar-refractivity contribution in [1.82, 2.24) is 0 Å². The largest absolute Gasteiger partial charge is 0.493 e. The van der Waals surface area contributed by atoms with Crippen LogP contribution in [0.25, 0.3) is 0 Å². The minimum Gasteiger partial charge on any atom is -0.493 e. The Balaban J connectivity index is 3.39. The number of carboxylic acids is 1. The lowest BCUT2D eigenvalue weighted by molar-refractivity contribution is -0.138. The van der Waals surface area contributed by atoms with Gasteiger partial charge < -0.3 is 20.3 Å². The second-order valence-electron chi connectivity index (χ2n) is 3.59. The molecule has 6 nitrogen and oxygen atoms in total. The highest BCUT2D eigenvalue weighted by Gasteiger charge is 2.22. The van der Waals surface area contributed by atoms with Gasteiger partial charge in [-0.15, -0.1) is 0 Å². The zero-order chi connectivity index (χ0) is 13.7. The van der Waals surface area contributed by atoms with Gasteiger partial charge in [-0.1, -0.05) is 0 Å². The van der Waals surface area contributed by atoms with Crippen LogP contribution in [-0.2, 0) is 4.79 Å². The van der Waals surface area contributed by atoms with Crippen molar-refractivity contribution in [2.75, 3.05) is 20.8 Å². The summed E-state index contributed by atoms with van der Waals surface area (Å²) in [4.78, 5) is 22.0. The summed E-state index contributed by atoms with van der Waals surface area (Å²) in [5.41, 5.74) is 6.05. The average molecular weight is 253 g/mol. The third-order valence-corrected chi connectivity index (χ3v) is 2.59. The minimum atomic E-state index is -1.05. The van der Waals surface area contributed by atoms with Gasteiger partial charge in [-0.2, -0.15) is 0 Å². The van der Waals surface area contributed by atoms with Crippen molar-refractivity contribution >= 4 is 12.3 Å². The Morgan fingerprint density at radius 1 is 1.44 bits per heavy atom. The molecule has 0 amide bonds. The van der Waals surface area contributed by atoms with E-state index in [1.165, 1.54) is 26.4 Å². The van der Waals surface area contributed by atoms with Gasteiger partial charge in [-0.3, -0.25) is 9.59 Å². The van der Waals surface area contributed by atoms with E-state index < -0.39 is 11.9 Å². The van der Waals surface area contributed by atoms with Crippen molar-refractivity contribution in [3.63, 3.8) is 0 Å². The van der Waals surface area contributed by atoms with E-state index in [9.17, 15) is 9.59 Å². The monoisotopic (exact) mass is 253 g/mol. The summed E-state index contributed by atoms with van der Waals surface area (Å²) < 4.78 is 10.1. The van der Waals surface area contributed by atoms with E-state index >= 15 is 0 Å². The molecule has 0 heterocycles. The molecule has 98 valence electrons. The van der Waals surface area contributed by atoms with E-state index in [2.05, 4.69) is 0 Å². The Bertz CT molecular complexity index is 458. The molecule has 0 saturated carbocycles. The van der Waals surface area contributed by atoms with Gasteiger partial charge >= 0.3 is 5.97 Å². The molecule has 0 aliphatic heterocycles. The number of carboxylic acid groups (broad SMARTS) is 1. The van der Waals surface area contributed by atoms with Crippen molar-refractivity contribution in [2.45, 2.75) is 5.92 Å². The maximum Gasteiger partial charge on any atom is 0.312 e. The van der Waals surface area contributed by atoms with Gasteiger partial charge in [0.25, 0.3) is 0 Å². The number of methoxy groups -OCH3 is 2. The van der Waals surface area contributed by atoms with Crippen LogP contribution in [0.1, 0.15) is 21.8 Å². The molecule has 6 heteroatoms. The highest BCUT2D eigenvalue weighted by atomic mass is 16.5. The van der Waals surface area contributed by atoms with Gasteiger partial charge in [-0.05, 0) is 17.7 Å². The van der Waals surface area contributed by atoms with Crippen molar-refractivity contribution in [1.29, 1.82) is 0 Å². The topological polar surface area (TPSA) is 98.9 Å². The first-order chi connectivity index (χ1) is 8.58. The predicted octanol–water partition coefficient (Wildman–Crippen LogP) is 0.643. The molecule has 1 rings (SSSR count). The summed E-state index contributed by atoms with van der Waals surface area (Å²) in [6, 6.07) is 2.96. The van der Waals surface area contributed by atoms with E-state index in [1.807, 2.05) is 0 Å². The van der Waals surface area contributed by atoms with Gasteiger partial charge in [0.2, 0.25) is 0 Å². The zero-order valence-corrected chi connectivity index (χ0v) is 10.2. The maximum atomic E-state index is 11.0. The molecule has 3 N–H and O–H groups in total. The standard InChI is InChI=1S/C12H15NO5/c1-17-10-4-7(9(5-13)12(15)16)3-8(6-14)11(10)18-2/h3-4,6,9H,5,13H2,1-2H3,(H,15,16). The van der Waals surface area contributed by atoms with E-state index in [0.29, 0.717) is 17.6 Å². The molecule has 1 atom stereocenters. The number of aldehydes is 1. The highest BCUT2D eigenvalue weighted by Crippen LogP contribution is 2.34. The summed E-state index contributed by atoms with van der Waals surface area (Å²) in [7, 11) is 2.82. The summed E-state index contributed by atoms with van der Waals surface area (Å²) in [5.74, 6) is -1.36. The minimum absolute atomic E-state index is 0.0664. The Morgan fingerprint density at radius 3 is 2.50 bits per heavy atom. The quantitative estimate of drug-likeness (QED) is 0.722. The number of carbonyl (C=O) groups is 2. The molecule has 0 bridgehead atoms. The third kappa shape index (κ3) is 2.60. The molecule has 1 unspecified atom stereocenters. The fourth-order valence-corrected chi connectivity index (χ4v) is 1.68. The van der Waals surface area contributed by atoms with E-state index in [4.69, 9.17) is 20.3 Å². The number of rotatable bonds is 6. The Kier molecular flexibility index (Phi) is 4.67. The van der Waals surface area contributed by atoms with E-state index in [0.717, 1.165) is 0 Å². The van der Waals surface area contributed by atoms with Crippen molar-refractivity contribution < 1.29 is 24.2 Å². The number of hydrogen-bond acceptors (Lipinski definition) is 5. The van der Waals surface area contributed by atoms with Crippen LogP contribution in [0.5, 0.6) is 11.5 Å². The van der Waals surface area contributed by atoms with Crippen molar-refractivity contribution in [3.8, 4) is 11.5 Å². The molecule has 0 aliphatic carbocycles. The van der Waals surface area contributed by atoms with Gasteiger partial charge in [0.1, 0.15) is 0 Å². The second kappa shape index (κ2) is 6.02. The van der Waals surface area contributed by atoms with Gasteiger partial charge in [-0.25, -0.2) is 0 Å². The molecule has 1 aromatic carbocycles. The number of nitrogens with two attached hydrogens (primary N) is 1. The SMILES string of the molecule is COc1cc(C(CN)C(=O)O)cc(C=O)c1OC. The molecule has 18 heavy (non-hydrogen) atoms. The summed E-state index contributed by atoms with van der Waals surface area (Å²) in [6.45, 7) is -0.0664. The van der Waals surface area contributed by atoms with Crippen LogP contribution in [0.3, 0.4) is 0 Å². The highest BCUT2D eigenvalue weighted by molar-refractivity contribution is 5.84. The van der Waals surface area contributed by atoms with Crippen LogP contribution < -0.4 is 15.2 Å². The zero-order valence-electron chi connectivity index (χ0n) is 10.2. The molecular formula is C12H15NO5. The summed E-state index contributed by atoms with van der Waals surface area (Å²) >= 11 is 0. The average Bonchev–Trinajstić information content (AvgIpc) is 2.37. The van der Waals surface area contributed by atoms with E-state index in [-0.39, 0.29) is 17.9 Å². The first kappa shape index (κ1) is 14.0. The van der Waals surface area contributed by atoms with Gasteiger partial charge in [0.15, 0.2) is 17.8 Å². The van der Waals surface area contributed by atoms with Crippen molar-refractivity contribution in [3.05, 3.63) is 23.3 Å². The van der Waals surface area contributed by atoms with Crippen LogP contribution in [0.2, 0.25) is 0 Å². The lowest BCUT2D eigenvalue weighted by Crippen LogP contribution is -2.21. The molecule has 0 aliphatic rings. The summed E-state index contributed by atoms with van der Waals surface area (Å²) in [6.07, 6.45) is 0.584. The molecule has 0 spiro atoms. The number of hydrogen-bond donors (Lipinski definition) is 2. The van der Waals surface area contributed by atoms with Crippen molar-refractivity contribution in [2.24, 2.45) is 5.73 Å². The Morgan fingerprint density at radius 2 is 2.11 bits per heavy atom. The van der Waals surface area contributed by atoms with Crippen LogP contribution >= 0.6 is 0 Å². The Hall–Kier alpha value is -2.08. The van der Waals surface area contributed by atoms with Gasteiger partial charge in [0.05, 0.1) is 25.7 Å². The normalized spacial score (nSPS) is 11.7. The Labute approximate surface area is 104 Å².